The molecule has 8 nitrogen and oxygen atoms in total. The number of benzene rings is 1. The third kappa shape index (κ3) is 3.76. The molecule has 0 saturated heterocycles. The molecule has 2 unspecified atom stereocenters. The van der Waals surface area contributed by atoms with Crippen molar-refractivity contribution in [1.29, 1.82) is 0 Å². The zero-order valence-electron chi connectivity index (χ0n) is 10.8. The van der Waals surface area contributed by atoms with Crippen LogP contribution in [0.25, 0.3) is 0 Å². The van der Waals surface area contributed by atoms with Gasteiger partial charge in [-0.2, -0.15) is 5.11 Å². The molecule has 1 aromatic carbocycles. The van der Waals surface area contributed by atoms with Gasteiger partial charge in [0, 0.05) is 5.92 Å². The van der Waals surface area contributed by atoms with Crippen LogP contribution in [0.5, 0.6) is 5.75 Å². The van der Waals surface area contributed by atoms with Gasteiger partial charge in [-0.05, 0) is 24.1 Å². The van der Waals surface area contributed by atoms with Crippen molar-refractivity contribution in [3.63, 3.8) is 0 Å². The fourth-order valence-electron chi connectivity index (χ4n) is 1.37. The third-order valence-corrected chi connectivity index (χ3v) is 3.05. The molecule has 1 aliphatic carbocycles. The van der Waals surface area contributed by atoms with E-state index in [1.54, 1.807) is 0 Å². The summed E-state index contributed by atoms with van der Waals surface area (Å²) in [5.41, 5.74) is -0.374. The van der Waals surface area contributed by atoms with Crippen molar-refractivity contribution in [2.75, 3.05) is 0 Å². The molecule has 0 aliphatic heterocycles. The molecule has 0 bridgehead atoms. The maximum Gasteiger partial charge on any atom is 0.327 e. The Kier molecular flexibility index (Phi) is 4.63. The van der Waals surface area contributed by atoms with Crippen molar-refractivity contribution >= 4 is 16.8 Å². The summed E-state index contributed by atoms with van der Waals surface area (Å²) in [6.07, 6.45) is 1.07. The van der Waals surface area contributed by atoms with Gasteiger partial charge in [0.15, 0.2) is 17.1 Å². The lowest BCUT2D eigenvalue weighted by atomic mass is 10.3. The first-order valence-corrected chi connectivity index (χ1v) is 6.80. The molecule has 1 aromatic rings. The Morgan fingerprint density at radius 3 is 2.82 bits per heavy atom. The van der Waals surface area contributed by atoms with E-state index in [4.69, 9.17) is 4.55 Å². The molecular weight excluding hydrogens is 310 g/mol. The van der Waals surface area contributed by atoms with Gasteiger partial charge in [-0.1, -0.05) is 11.8 Å². The standard InChI is InChI=1S/C13H7N3O5S/c17-13-7-6-11(22(20)21)8-12(13)15-14-9-2-1-3-10(5-4-9)16(18)19/h3,6-9,17H,(H,20,21). The van der Waals surface area contributed by atoms with Gasteiger partial charge in [-0.3, -0.25) is 10.1 Å². The van der Waals surface area contributed by atoms with E-state index in [2.05, 4.69) is 33.9 Å². The molecule has 110 valence electrons. The molecular formula is C13H7N3O5S. The zero-order chi connectivity index (χ0) is 16.1. The summed E-state index contributed by atoms with van der Waals surface area (Å²) in [6.45, 7) is 0. The van der Waals surface area contributed by atoms with Crippen LogP contribution in [-0.4, -0.2) is 24.8 Å². The predicted octanol–water partition coefficient (Wildman–Crippen LogP) is 1.61. The van der Waals surface area contributed by atoms with Crippen LogP contribution in [0.4, 0.5) is 5.69 Å². The quantitative estimate of drug-likeness (QED) is 0.287. The molecule has 22 heavy (non-hydrogen) atoms. The molecule has 0 spiro atoms. The third-order valence-electron chi connectivity index (χ3n) is 2.39. The molecule has 2 atom stereocenters. The Bertz CT molecular complexity index is 839. The van der Waals surface area contributed by atoms with E-state index in [0.717, 1.165) is 6.08 Å². The van der Waals surface area contributed by atoms with Gasteiger partial charge in [0.05, 0.1) is 15.9 Å². The summed E-state index contributed by atoms with van der Waals surface area (Å²) >= 11 is -2.22. The lowest BCUT2D eigenvalue weighted by Gasteiger charge is -2.00. The van der Waals surface area contributed by atoms with E-state index in [-0.39, 0.29) is 22.0 Å². The van der Waals surface area contributed by atoms with Gasteiger partial charge in [-0.15, -0.1) is 5.11 Å². The van der Waals surface area contributed by atoms with Gasteiger partial charge in [0.2, 0.25) is 0 Å². The largest absolute Gasteiger partial charge is 0.506 e. The number of nitro groups is 1. The number of hydrogen-bond acceptors (Lipinski definition) is 6. The molecule has 9 heteroatoms. The molecule has 2 N–H and O–H groups in total. The zero-order valence-corrected chi connectivity index (χ0v) is 11.6. The van der Waals surface area contributed by atoms with Crippen LogP contribution in [-0.2, 0) is 11.1 Å². The minimum atomic E-state index is -2.22. The maximum atomic E-state index is 11.0. The van der Waals surface area contributed by atoms with Gasteiger partial charge < -0.3 is 9.66 Å². The second-order valence-electron chi connectivity index (χ2n) is 3.86. The van der Waals surface area contributed by atoms with Crippen LogP contribution in [0.2, 0.25) is 0 Å². The van der Waals surface area contributed by atoms with Crippen LogP contribution in [0, 0.1) is 33.8 Å². The predicted molar refractivity (Wildman–Crippen MR) is 76.1 cm³/mol. The first kappa shape index (κ1) is 15.4. The number of hydrogen-bond donors (Lipinski definition) is 2. The minimum Gasteiger partial charge on any atom is -0.506 e. The number of aromatic hydroxyl groups is 1. The summed E-state index contributed by atoms with van der Waals surface area (Å²) in [5, 5.41) is 27.6. The second kappa shape index (κ2) is 6.63. The van der Waals surface area contributed by atoms with E-state index in [1.807, 2.05) is 0 Å². The SMILES string of the molecule is O=[N+]([O-])C1=CC#CC(N=Nc2cc(S(=O)O)ccc2O)C#C1. The van der Waals surface area contributed by atoms with Crippen molar-refractivity contribution in [3.05, 3.63) is 40.1 Å². The highest BCUT2D eigenvalue weighted by atomic mass is 32.2. The Hall–Kier alpha value is -3.01. The van der Waals surface area contributed by atoms with Crippen LogP contribution in [0.15, 0.2) is 45.1 Å². The fourth-order valence-corrected chi connectivity index (χ4v) is 1.77. The van der Waals surface area contributed by atoms with Crippen molar-refractivity contribution < 1.29 is 18.8 Å². The molecule has 0 aromatic heterocycles. The molecule has 2 rings (SSSR count). The van der Waals surface area contributed by atoms with E-state index in [9.17, 15) is 19.4 Å². The molecule has 0 heterocycles. The minimum absolute atomic E-state index is 0.0322. The van der Waals surface area contributed by atoms with Crippen molar-refractivity contribution in [2.45, 2.75) is 10.9 Å². The van der Waals surface area contributed by atoms with Gasteiger partial charge in [0.1, 0.15) is 11.4 Å². The second-order valence-corrected chi connectivity index (χ2v) is 4.83. The number of rotatable bonds is 4. The van der Waals surface area contributed by atoms with Gasteiger partial charge in [-0.25, -0.2) is 4.21 Å². The smallest absolute Gasteiger partial charge is 0.327 e. The van der Waals surface area contributed by atoms with E-state index < -0.39 is 22.0 Å². The van der Waals surface area contributed by atoms with Crippen molar-refractivity contribution in [1.82, 2.24) is 0 Å². The number of allylic oxidation sites excluding steroid dienone is 2. The van der Waals surface area contributed by atoms with E-state index >= 15 is 0 Å². The molecule has 1 aliphatic rings. The van der Waals surface area contributed by atoms with Crippen LogP contribution in [0.1, 0.15) is 0 Å². The topological polar surface area (TPSA) is 125 Å². The summed E-state index contributed by atoms with van der Waals surface area (Å²) in [6, 6.07) is 2.75. The summed E-state index contributed by atoms with van der Waals surface area (Å²) in [5.74, 6) is 9.47. The fraction of sp³-hybridized carbons (Fsp3) is 0.0769. The normalized spacial score (nSPS) is 17.5. The van der Waals surface area contributed by atoms with Gasteiger partial charge in [0.25, 0.3) is 0 Å². The maximum absolute atomic E-state index is 11.0. The highest BCUT2D eigenvalue weighted by Gasteiger charge is 2.10. The molecule has 0 saturated carbocycles. The number of phenols is 1. The number of azo groups is 1. The van der Waals surface area contributed by atoms with E-state index in [1.165, 1.54) is 18.2 Å². The van der Waals surface area contributed by atoms with Crippen LogP contribution < -0.4 is 0 Å². The van der Waals surface area contributed by atoms with Gasteiger partial charge >= 0.3 is 5.70 Å². The number of phenolic OH excluding ortho intramolecular Hbond substituents is 1. The monoisotopic (exact) mass is 317 g/mol. The van der Waals surface area contributed by atoms with Crippen LogP contribution in [0.3, 0.4) is 0 Å². The Morgan fingerprint density at radius 1 is 1.36 bits per heavy atom. The highest BCUT2D eigenvalue weighted by molar-refractivity contribution is 7.79. The average molecular weight is 317 g/mol. The molecule has 0 amide bonds. The molecule has 0 radical (unpaired) electrons. The number of nitrogens with zero attached hydrogens (tertiary/aromatic N) is 3. The van der Waals surface area contributed by atoms with Crippen molar-refractivity contribution in [2.24, 2.45) is 10.2 Å². The Balaban J connectivity index is 2.24. The lowest BCUT2D eigenvalue weighted by Crippen LogP contribution is -1.96. The highest BCUT2D eigenvalue weighted by Crippen LogP contribution is 2.28. The summed E-state index contributed by atoms with van der Waals surface area (Å²) in [7, 11) is 0. The first-order valence-electron chi connectivity index (χ1n) is 5.69. The van der Waals surface area contributed by atoms with E-state index in [0.29, 0.717) is 0 Å². The Labute approximate surface area is 127 Å². The van der Waals surface area contributed by atoms with Crippen molar-refractivity contribution in [3.8, 4) is 29.4 Å². The summed E-state index contributed by atoms with van der Waals surface area (Å²) in [4.78, 5) is 9.95. The lowest BCUT2D eigenvalue weighted by molar-refractivity contribution is -0.417. The Morgan fingerprint density at radius 2 is 2.14 bits per heavy atom. The summed E-state index contributed by atoms with van der Waals surface area (Å²) < 4.78 is 19.9. The molecule has 0 fully saturated rings. The average Bonchev–Trinajstić information content (AvgIpc) is 2.71. The first-order chi connectivity index (χ1) is 10.5. The van der Waals surface area contributed by atoms with Crippen LogP contribution >= 0.6 is 0 Å².